The van der Waals surface area contributed by atoms with E-state index in [9.17, 15) is 12.8 Å². The number of hydrogen-bond donors (Lipinski definition) is 3. The Morgan fingerprint density at radius 1 is 1.13 bits per heavy atom. The summed E-state index contributed by atoms with van der Waals surface area (Å²) in [5, 5.41) is 5.96. The number of halogens is 1. The minimum atomic E-state index is -3.62. The normalized spacial score (nSPS) is 11.2. The van der Waals surface area contributed by atoms with Gasteiger partial charge in [-0.1, -0.05) is 6.92 Å². The van der Waals surface area contributed by atoms with Gasteiger partial charge >= 0.3 is 0 Å². The van der Waals surface area contributed by atoms with E-state index in [1.54, 1.807) is 37.5 Å². The molecule has 0 saturated heterocycles. The number of benzene rings is 2. The van der Waals surface area contributed by atoms with E-state index >= 15 is 0 Å². The van der Waals surface area contributed by atoms with E-state index in [0.29, 0.717) is 35.6 Å². The highest BCUT2D eigenvalue weighted by Gasteiger charge is 2.18. The van der Waals surface area contributed by atoms with Gasteiger partial charge in [-0.2, -0.15) is 0 Å². The minimum Gasteiger partial charge on any atom is -0.494 e. The lowest BCUT2D eigenvalue weighted by atomic mass is 10.1. The fourth-order valence-corrected chi connectivity index (χ4v) is 4.21. The summed E-state index contributed by atoms with van der Waals surface area (Å²) in [6.45, 7) is 2.25. The average molecular weight is 446 g/mol. The fourth-order valence-electron chi connectivity index (χ4n) is 2.89. The van der Waals surface area contributed by atoms with Crippen LogP contribution in [0.15, 0.2) is 53.6 Å². The molecular formula is C21H24FN5O3S. The van der Waals surface area contributed by atoms with Gasteiger partial charge in [0.05, 0.1) is 18.5 Å². The molecule has 0 atom stereocenters. The average Bonchev–Trinajstić information content (AvgIpc) is 2.77. The molecule has 3 aromatic rings. The van der Waals surface area contributed by atoms with Gasteiger partial charge < -0.3 is 15.4 Å². The van der Waals surface area contributed by atoms with E-state index in [4.69, 9.17) is 4.74 Å². The van der Waals surface area contributed by atoms with Gasteiger partial charge in [0, 0.05) is 31.0 Å². The molecule has 3 N–H and O–H groups in total. The fraction of sp³-hybridized carbons (Fsp3) is 0.238. The van der Waals surface area contributed by atoms with Crippen LogP contribution in [0.2, 0.25) is 0 Å². The number of methoxy groups -OCH3 is 1. The van der Waals surface area contributed by atoms with Gasteiger partial charge in [-0.25, -0.2) is 27.5 Å². The molecule has 0 amide bonds. The molecule has 10 heteroatoms. The molecule has 0 bridgehead atoms. The van der Waals surface area contributed by atoms with E-state index < -0.39 is 15.8 Å². The molecule has 1 aromatic heterocycles. The second-order valence-electron chi connectivity index (χ2n) is 6.60. The standard InChI is InChI=1S/C21H24FN5O3S/c1-4-10-25-31(28,29)20-8-6-15(13-18(20)23-2)26-21-24-11-9-17(27-21)14-5-7-19(30-3)16(22)12-14/h5-9,11-13,23,25H,4,10H2,1-3H3,(H,24,26,27). The predicted molar refractivity (Wildman–Crippen MR) is 119 cm³/mol. The molecular weight excluding hydrogens is 421 g/mol. The van der Waals surface area contributed by atoms with Crippen LogP contribution in [0.4, 0.5) is 21.7 Å². The van der Waals surface area contributed by atoms with Crippen molar-refractivity contribution in [2.45, 2.75) is 18.2 Å². The summed E-state index contributed by atoms with van der Waals surface area (Å²) in [6, 6.07) is 11.0. The number of hydrogen-bond acceptors (Lipinski definition) is 7. The largest absolute Gasteiger partial charge is 0.494 e. The number of anilines is 3. The first kappa shape index (κ1) is 22.4. The van der Waals surface area contributed by atoms with Crippen LogP contribution in [0, 0.1) is 5.82 Å². The van der Waals surface area contributed by atoms with Crippen LogP contribution in [0.3, 0.4) is 0 Å². The highest BCUT2D eigenvalue weighted by atomic mass is 32.2. The van der Waals surface area contributed by atoms with Crippen molar-refractivity contribution in [1.29, 1.82) is 0 Å². The molecule has 0 aliphatic heterocycles. The van der Waals surface area contributed by atoms with E-state index in [1.165, 1.54) is 25.3 Å². The van der Waals surface area contributed by atoms with Crippen LogP contribution < -0.4 is 20.1 Å². The van der Waals surface area contributed by atoms with Gasteiger partial charge in [0.25, 0.3) is 0 Å². The predicted octanol–water partition coefficient (Wildman–Crippen LogP) is 3.76. The summed E-state index contributed by atoms with van der Waals surface area (Å²) in [4.78, 5) is 8.76. The molecule has 8 nitrogen and oxygen atoms in total. The molecule has 3 rings (SSSR count). The van der Waals surface area contributed by atoms with Crippen LogP contribution in [0.1, 0.15) is 13.3 Å². The first-order valence-corrected chi connectivity index (χ1v) is 11.1. The third-order valence-corrected chi connectivity index (χ3v) is 5.96. The summed E-state index contributed by atoms with van der Waals surface area (Å²) in [5.41, 5.74) is 2.12. The minimum absolute atomic E-state index is 0.150. The Balaban J connectivity index is 1.86. The van der Waals surface area contributed by atoms with Crippen molar-refractivity contribution in [3.05, 3.63) is 54.5 Å². The van der Waals surface area contributed by atoms with Crippen molar-refractivity contribution in [1.82, 2.24) is 14.7 Å². The van der Waals surface area contributed by atoms with E-state index in [1.807, 2.05) is 6.92 Å². The number of rotatable bonds is 9. The smallest absolute Gasteiger partial charge is 0.242 e. The summed E-state index contributed by atoms with van der Waals surface area (Å²) in [6.07, 6.45) is 2.25. The summed E-state index contributed by atoms with van der Waals surface area (Å²) in [5.74, 6) is -0.0463. The van der Waals surface area contributed by atoms with Crippen LogP contribution in [-0.4, -0.2) is 39.1 Å². The summed E-state index contributed by atoms with van der Waals surface area (Å²) < 4.78 is 46.5. The molecule has 0 radical (unpaired) electrons. The topological polar surface area (TPSA) is 105 Å². The maximum absolute atomic E-state index is 14.0. The SMILES string of the molecule is CCCNS(=O)(=O)c1ccc(Nc2nccc(-c3ccc(OC)c(F)c3)n2)cc1NC. The third kappa shape index (κ3) is 5.28. The Bertz CT molecular complexity index is 1170. The van der Waals surface area contributed by atoms with Gasteiger partial charge in [-0.15, -0.1) is 0 Å². The van der Waals surface area contributed by atoms with Gasteiger partial charge in [0.1, 0.15) is 4.90 Å². The van der Waals surface area contributed by atoms with Crippen LogP contribution in [0.5, 0.6) is 5.75 Å². The number of aromatic nitrogens is 2. The lowest BCUT2D eigenvalue weighted by Crippen LogP contribution is -2.25. The molecule has 0 aliphatic carbocycles. The first-order chi connectivity index (χ1) is 14.9. The molecule has 1 heterocycles. The number of nitrogens with zero attached hydrogens (tertiary/aromatic N) is 2. The monoisotopic (exact) mass is 445 g/mol. The molecule has 0 spiro atoms. The van der Waals surface area contributed by atoms with Crippen molar-refractivity contribution in [2.24, 2.45) is 0 Å². The van der Waals surface area contributed by atoms with Gasteiger partial charge in [0.15, 0.2) is 11.6 Å². The first-order valence-electron chi connectivity index (χ1n) is 9.63. The Morgan fingerprint density at radius 2 is 1.94 bits per heavy atom. The van der Waals surface area contributed by atoms with E-state index in [0.717, 1.165) is 0 Å². The van der Waals surface area contributed by atoms with Crippen LogP contribution >= 0.6 is 0 Å². The number of nitrogens with one attached hydrogen (secondary N) is 3. The van der Waals surface area contributed by atoms with Gasteiger partial charge in [0.2, 0.25) is 16.0 Å². The highest BCUT2D eigenvalue weighted by molar-refractivity contribution is 7.89. The molecule has 164 valence electrons. The number of sulfonamides is 1. The molecule has 0 unspecified atom stereocenters. The van der Waals surface area contributed by atoms with Crippen molar-refractivity contribution >= 4 is 27.3 Å². The Hall–Kier alpha value is -3.24. The second-order valence-corrected chi connectivity index (χ2v) is 8.33. The third-order valence-electron chi connectivity index (χ3n) is 4.44. The summed E-state index contributed by atoms with van der Waals surface area (Å²) >= 11 is 0. The maximum Gasteiger partial charge on any atom is 0.242 e. The maximum atomic E-state index is 14.0. The molecule has 31 heavy (non-hydrogen) atoms. The van der Waals surface area contributed by atoms with Gasteiger partial charge in [-0.3, -0.25) is 0 Å². The van der Waals surface area contributed by atoms with Crippen molar-refractivity contribution in [2.75, 3.05) is 31.3 Å². The van der Waals surface area contributed by atoms with Gasteiger partial charge in [-0.05, 0) is 48.9 Å². The quantitative estimate of drug-likeness (QED) is 0.460. The zero-order valence-electron chi connectivity index (χ0n) is 17.4. The molecule has 0 aliphatic rings. The van der Waals surface area contributed by atoms with E-state index in [2.05, 4.69) is 25.3 Å². The van der Waals surface area contributed by atoms with Crippen molar-refractivity contribution in [3.63, 3.8) is 0 Å². The lowest BCUT2D eigenvalue weighted by Gasteiger charge is -2.13. The van der Waals surface area contributed by atoms with Crippen molar-refractivity contribution in [3.8, 4) is 17.0 Å². The lowest BCUT2D eigenvalue weighted by molar-refractivity contribution is 0.386. The van der Waals surface area contributed by atoms with Crippen molar-refractivity contribution < 1.29 is 17.5 Å². The Morgan fingerprint density at radius 3 is 2.61 bits per heavy atom. The second kappa shape index (κ2) is 9.71. The molecule has 2 aromatic carbocycles. The van der Waals surface area contributed by atoms with Crippen LogP contribution in [0.25, 0.3) is 11.3 Å². The highest BCUT2D eigenvalue weighted by Crippen LogP contribution is 2.28. The number of ether oxygens (including phenoxy) is 1. The molecule has 0 saturated carbocycles. The zero-order valence-corrected chi connectivity index (χ0v) is 18.3. The Kier molecular flexibility index (Phi) is 7.03. The molecule has 0 fully saturated rings. The van der Waals surface area contributed by atoms with E-state index in [-0.39, 0.29) is 16.6 Å². The summed E-state index contributed by atoms with van der Waals surface area (Å²) in [7, 11) is -0.575. The zero-order chi connectivity index (χ0) is 22.4. The Labute approximate surface area is 180 Å². The van der Waals surface area contributed by atoms with Crippen LogP contribution in [-0.2, 0) is 10.0 Å².